The smallest absolute Gasteiger partial charge is 0.434 e. The van der Waals surface area contributed by atoms with Gasteiger partial charge in [-0.2, -0.15) is 13.2 Å². The van der Waals surface area contributed by atoms with Gasteiger partial charge < -0.3 is 15.1 Å². The molecule has 0 aliphatic carbocycles. The zero-order valence-electron chi connectivity index (χ0n) is 14.4. The van der Waals surface area contributed by atoms with E-state index >= 15 is 0 Å². The summed E-state index contributed by atoms with van der Waals surface area (Å²) in [5.74, 6) is 1.44. The van der Waals surface area contributed by atoms with Crippen LogP contribution in [0.1, 0.15) is 23.4 Å². The summed E-state index contributed by atoms with van der Waals surface area (Å²) in [6, 6.07) is 3.72. The van der Waals surface area contributed by atoms with Crippen molar-refractivity contribution < 1.29 is 17.6 Å². The lowest BCUT2D eigenvalue weighted by Crippen LogP contribution is -2.39. The van der Waals surface area contributed by atoms with Crippen molar-refractivity contribution in [1.29, 1.82) is 0 Å². The molecular formula is C17H21F3N4OS. The van der Waals surface area contributed by atoms with Crippen LogP contribution in [0.3, 0.4) is 0 Å². The number of furan rings is 1. The van der Waals surface area contributed by atoms with Gasteiger partial charge in [0.25, 0.3) is 0 Å². The number of thiazole rings is 1. The van der Waals surface area contributed by atoms with Crippen LogP contribution in [0.4, 0.5) is 13.2 Å². The molecule has 0 radical (unpaired) electrons. The molecule has 5 nitrogen and oxygen atoms in total. The first-order valence-electron chi connectivity index (χ1n) is 8.05. The number of rotatable bonds is 8. The molecule has 142 valence electrons. The summed E-state index contributed by atoms with van der Waals surface area (Å²) in [5, 5.41) is 7.74. The van der Waals surface area contributed by atoms with E-state index in [0.717, 1.165) is 28.1 Å². The number of hydrogen-bond acceptors (Lipinski definition) is 4. The zero-order chi connectivity index (χ0) is 19.0. The Morgan fingerprint density at radius 1 is 1.31 bits per heavy atom. The third-order valence-electron chi connectivity index (χ3n) is 3.22. The van der Waals surface area contributed by atoms with E-state index in [2.05, 4.69) is 27.2 Å². The minimum atomic E-state index is -4.40. The molecule has 0 saturated heterocycles. The number of nitrogens with one attached hydrogen (secondary N) is 2. The van der Waals surface area contributed by atoms with Crippen LogP contribution in [0.5, 0.6) is 0 Å². The third-order valence-corrected chi connectivity index (χ3v) is 4.13. The Balaban J connectivity index is 1.82. The van der Waals surface area contributed by atoms with Crippen molar-refractivity contribution in [2.45, 2.75) is 25.9 Å². The lowest BCUT2D eigenvalue weighted by atomic mass is 10.3. The highest BCUT2D eigenvalue weighted by molar-refractivity contribution is 7.09. The molecular weight excluding hydrogens is 365 g/mol. The topological polar surface area (TPSA) is 62.5 Å². The first-order chi connectivity index (χ1) is 12.3. The number of aliphatic imine (C=N–C) groups is 1. The fourth-order valence-electron chi connectivity index (χ4n) is 1.99. The Morgan fingerprint density at radius 3 is 2.62 bits per heavy atom. The molecule has 0 bridgehead atoms. The van der Waals surface area contributed by atoms with Crippen LogP contribution in [-0.2, 0) is 19.0 Å². The molecule has 2 aromatic heterocycles. The first-order valence-corrected chi connectivity index (χ1v) is 8.93. The molecule has 0 amide bonds. The Bertz CT molecular complexity index is 723. The summed E-state index contributed by atoms with van der Waals surface area (Å²) in [5.41, 5.74) is 0.0668. The molecule has 9 heteroatoms. The maximum atomic E-state index is 12.6. The van der Waals surface area contributed by atoms with E-state index in [9.17, 15) is 13.2 Å². The average Bonchev–Trinajstić information content (AvgIpc) is 3.23. The van der Waals surface area contributed by atoms with Gasteiger partial charge in [0.1, 0.15) is 5.76 Å². The van der Waals surface area contributed by atoms with Crippen LogP contribution in [0.25, 0.3) is 0 Å². The standard InChI is InChI=1S/C17H21F3N4OS/c1-12(2)10-23-16(21-7-5-13-4-3-9-25-13)22-8-6-15-24-14(11-26-15)17(18,19)20/h3-4,9,11H,1,5-8,10H2,2H3,(H2,21,22,23). The molecule has 0 atom stereocenters. The van der Waals surface area contributed by atoms with Crippen molar-refractivity contribution in [3.05, 3.63) is 52.4 Å². The summed E-state index contributed by atoms with van der Waals surface area (Å²) >= 11 is 1.00. The number of alkyl halides is 3. The van der Waals surface area contributed by atoms with Crippen molar-refractivity contribution in [2.75, 3.05) is 19.6 Å². The first kappa shape index (κ1) is 20.0. The zero-order valence-corrected chi connectivity index (χ0v) is 15.2. The summed E-state index contributed by atoms with van der Waals surface area (Å²) in [6.45, 7) is 7.19. The summed E-state index contributed by atoms with van der Waals surface area (Å²) < 4.78 is 43.0. The monoisotopic (exact) mass is 386 g/mol. The van der Waals surface area contributed by atoms with Gasteiger partial charge in [-0.25, -0.2) is 9.98 Å². The van der Waals surface area contributed by atoms with E-state index in [-0.39, 0.29) is 0 Å². The largest absolute Gasteiger partial charge is 0.469 e. The summed E-state index contributed by atoms with van der Waals surface area (Å²) in [7, 11) is 0. The molecule has 0 spiro atoms. The minimum absolute atomic E-state index is 0.382. The SMILES string of the molecule is C=C(C)CN=C(NCCc1ccco1)NCCc1nc(C(F)(F)F)cs1. The van der Waals surface area contributed by atoms with Gasteiger partial charge in [0.15, 0.2) is 11.7 Å². The minimum Gasteiger partial charge on any atom is -0.469 e. The normalized spacial score (nSPS) is 12.2. The Labute approximate surface area is 154 Å². The van der Waals surface area contributed by atoms with Gasteiger partial charge in [0, 0.05) is 31.3 Å². The second-order valence-electron chi connectivity index (χ2n) is 5.68. The predicted molar refractivity (Wildman–Crippen MR) is 96.4 cm³/mol. The molecule has 0 aliphatic heterocycles. The van der Waals surface area contributed by atoms with Gasteiger partial charge >= 0.3 is 6.18 Å². The van der Waals surface area contributed by atoms with E-state index in [4.69, 9.17) is 4.42 Å². The second-order valence-corrected chi connectivity index (χ2v) is 6.62. The van der Waals surface area contributed by atoms with Gasteiger partial charge in [-0.05, 0) is 19.1 Å². The van der Waals surface area contributed by atoms with Crippen LogP contribution in [0.2, 0.25) is 0 Å². The molecule has 0 saturated carbocycles. The van der Waals surface area contributed by atoms with Crippen LogP contribution in [0.15, 0.2) is 45.3 Å². The molecule has 2 N–H and O–H groups in total. The summed E-state index contributed by atoms with van der Waals surface area (Å²) in [6.07, 6.45) is -1.70. The Hall–Kier alpha value is -2.29. The maximum Gasteiger partial charge on any atom is 0.434 e. The molecule has 26 heavy (non-hydrogen) atoms. The van der Waals surface area contributed by atoms with Gasteiger partial charge in [-0.15, -0.1) is 11.3 Å². The second kappa shape index (κ2) is 9.42. The fraction of sp³-hybridized carbons (Fsp3) is 0.412. The van der Waals surface area contributed by atoms with Crippen LogP contribution in [0, 0.1) is 0 Å². The van der Waals surface area contributed by atoms with Crippen molar-refractivity contribution in [2.24, 2.45) is 4.99 Å². The maximum absolute atomic E-state index is 12.6. The number of nitrogens with zero attached hydrogens (tertiary/aromatic N) is 2. The number of aromatic nitrogens is 1. The number of hydrogen-bond donors (Lipinski definition) is 2. The van der Waals surface area contributed by atoms with E-state index in [1.54, 1.807) is 6.26 Å². The summed E-state index contributed by atoms with van der Waals surface area (Å²) in [4.78, 5) is 8.00. The van der Waals surface area contributed by atoms with Crippen molar-refractivity contribution in [1.82, 2.24) is 15.6 Å². The molecule has 2 aromatic rings. The lowest BCUT2D eigenvalue weighted by molar-refractivity contribution is -0.140. The quantitative estimate of drug-likeness (QED) is 0.413. The third kappa shape index (κ3) is 6.91. The molecule has 2 rings (SSSR count). The molecule has 0 aliphatic rings. The van der Waals surface area contributed by atoms with E-state index in [0.29, 0.717) is 43.4 Å². The molecule has 2 heterocycles. The Kier molecular flexibility index (Phi) is 7.26. The molecule has 0 fully saturated rings. The average molecular weight is 386 g/mol. The van der Waals surface area contributed by atoms with Crippen LogP contribution < -0.4 is 10.6 Å². The van der Waals surface area contributed by atoms with Crippen LogP contribution >= 0.6 is 11.3 Å². The van der Waals surface area contributed by atoms with Gasteiger partial charge in [0.05, 0.1) is 17.8 Å². The van der Waals surface area contributed by atoms with Crippen LogP contribution in [-0.4, -0.2) is 30.6 Å². The lowest BCUT2D eigenvalue weighted by Gasteiger charge is -2.12. The number of halogens is 3. The highest BCUT2D eigenvalue weighted by atomic mass is 32.1. The Morgan fingerprint density at radius 2 is 2.04 bits per heavy atom. The fourth-order valence-corrected chi connectivity index (χ4v) is 2.80. The van der Waals surface area contributed by atoms with Crippen molar-refractivity contribution >= 4 is 17.3 Å². The van der Waals surface area contributed by atoms with Crippen molar-refractivity contribution in [3.63, 3.8) is 0 Å². The van der Waals surface area contributed by atoms with Crippen molar-refractivity contribution in [3.8, 4) is 0 Å². The van der Waals surface area contributed by atoms with Gasteiger partial charge in [-0.3, -0.25) is 0 Å². The molecule has 0 unspecified atom stereocenters. The highest BCUT2D eigenvalue weighted by Crippen LogP contribution is 2.29. The van der Waals surface area contributed by atoms with E-state index in [1.165, 1.54) is 0 Å². The highest BCUT2D eigenvalue weighted by Gasteiger charge is 2.33. The number of guanidine groups is 1. The van der Waals surface area contributed by atoms with Gasteiger partial charge in [-0.1, -0.05) is 12.2 Å². The van der Waals surface area contributed by atoms with E-state index < -0.39 is 11.9 Å². The predicted octanol–water partition coefficient (Wildman–Crippen LogP) is 3.65. The van der Waals surface area contributed by atoms with Gasteiger partial charge in [0.2, 0.25) is 0 Å². The van der Waals surface area contributed by atoms with E-state index in [1.807, 2.05) is 19.1 Å². The molecule has 0 aromatic carbocycles.